The molecule has 5 nitrogen and oxygen atoms in total. The van der Waals surface area contributed by atoms with Crippen LogP contribution >= 0.6 is 0 Å². The third-order valence-electron chi connectivity index (χ3n) is 3.88. The number of methoxy groups -OCH3 is 1. The van der Waals surface area contributed by atoms with Crippen LogP contribution in [0.15, 0.2) is 53.2 Å². The Balaban J connectivity index is 1.64. The maximum atomic E-state index is 12.5. The molecule has 1 aromatic heterocycles. The van der Waals surface area contributed by atoms with E-state index in [9.17, 15) is 4.79 Å². The molecule has 3 aromatic rings. The van der Waals surface area contributed by atoms with E-state index in [1.165, 1.54) is 6.08 Å². The van der Waals surface area contributed by atoms with Crippen molar-refractivity contribution in [3.05, 3.63) is 59.9 Å². The molecule has 0 unspecified atom stereocenters. The van der Waals surface area contributed by atoms with E-state index in [2.05, 4.69) is 0 Å². The van der Waals surface area contributed by atoms with Gasteiger partial charge in [-0.25, -0.2) is 0 Å². The number of benzene rings is 2. The number of allylic oxidation sites excluding steroid dienone is 1. The summed E-state index contributed by atoms with van der Waals surface area (Å²) in [5.41, 5.74) is 2.03. The van der Waals surface area contributed by atoms with Gasteiger partial charge in [-0.2, -0.15) is 0 Å². The molecule has 0 fully saturated rings. The molecule has 4 rings (SSSR count). The Labute approximate surface area is 138 Å². The Hall–Kier alpha value is -3.21. The van der Waals surface area contributed by atoms with Gasteiger partial charge in [-0.15, -0.1) is 0 Å². The van der Waals surface area contributed by atoms with Gasteiger partial charge in [0.05, 0.1) is 24.3 Å². The molecular formula is C19H14O5. The van der Waals surface area contributed by atoms with Crippen molar-refractivity contribution in [3.8, 4) is 17.2 Å². The van der Waals surface area contributed by atoms with E-state index >= 15 is 0 Å². The first-order valence-corrected chi connectivity index (χ1v) is 7.42. The predicted molar refractivity (Wildman–Crippen MR) is 88.7 cm³/mol. The summed E-state index contributed by atoms with van der Waals surface area (Å²) in [6, 6.07) is 10.8. The highest BCUT2D eigenvalue weighted by molar-refractivity contribution is 6.11. The van der Waals surface area contributed by atoms with Gasteiger partial charge in [-0.05, 0) is 42.0 Å². The largest absolute Gasteiger partial charge is 0.495 e. The zero-order chi connectivity index (χ0) is 16.5. The van der Waals surface area contributed by atoms with E-state index in [0.29, 0.717) is 28.4 Å². The van der Waals surface area contributed by atoms with Crippen LogP contribution in [0.1, 0.15) is 15.9 Å². The zero-order valence-corrected chi connectivity index (χ0v) is 12.9. The second-order valence-corrected chi connectivity index (χ2v) is 5.29. The topological polar surface area (TPSA) is 57.9 Å². The highest BCUT2D eigenvalue weighted by atomic mass is 16.7. The lowest BCUT2D eigenvalue weighted by Crippen LogP contribution is -1.99. The number of rotatable bonds is 4. The Morgan fingerprint density at radius 1 is 1.12 bits per heavy atom. The number of ether oxygens (including phenoxy) is 3. The van der Waals surface area contributed by atoms with Crippen LogP contribution in [0.4, 0.5) is 0 Å². The first-order chi connectivity index (χ1) is 11.8. The van der Waals surface area contributed by atoms with Gasteiger partial charge < -0.3 is 18.6 Å². The Morgan fingerprint density at radius 2 is 2.00 bits per heavy atom. The fraction of sp³-hybridized carbons (Fsp3) is 0.105. The summed E-state index contributed by atoms with van der Waals surface area (Å²) in [5, 5.41) is 0.778. The quantitative estimate of drug-likeness (QED) is 0.535. The number of ketones is 1. The van der Waals surface area contributed by atoms with Crippen molar-refractivity contribution in [2.45, 2.75) is 0 Å². The third-order valence-corrected chi connectivity index (χ3v) is 3.88. The van der Waals surface area contributed by atoms with E-state index in [1.807, 2.05) is 18.2 Å². The highest BCUT2D eigenvalue weighted by Gasteiger charge is 2.15. The maximum absolute atomic E-state index is 12.5. The van der Waals surface area contributed by atoms with E-state index in [0.717, 1.165) is 10.9 Å². The average Bonchev–Trinajstić information content (AvgIpc) is 3.26. The van der Waals surface area contributed by atoms with E-state index < -0.39 is 0 Å². The van der Waals surface area contributed by atoms with Crippen LogP contribution in [0.5, 0.6) is 17.2 Å². The van der Waals surface area contributed by atoms with Crippen LogP contribution in [-0.4, -0.2) is 19.7 Å². The highest BCUT2D eigenvalue weighted by Crippen LogP contribution is 2.33. The van der Waals surface area contributed by atoms with Crippen molar-refractivity contribution < 1.29 is 23.4 Å². The molecule has 0 saturated carbocycles. The molecule has 5 heteroatoms. The summed E-state index contributed by atoms with van der Waals surface area (Å²) in [4.78, 5) is 12.5. The molecule has 0 atom stereocenters. The monoisotopic (exact) mass is 322 g/mol. The molecule has 1 aliphatic heterocycles. The van der Waals surface area contributed by atoms with Crippen LogP contribution in [0.25, 0.3) is 17.0 Å². The molecular weight excluding hydrogens is 308 g/mol. The summed E-state index contributed by atoms with van der Waals surface area (Å²) in [7, 11) is 1.54. The summed E-state index contributed by atoms with van der Waals surface area (Å²) in [6.45, 7) is 0.226. The van der Waals surface area contributed by atoms with Gasteiger partial charge in [-0.3, -0.25) is 4.79 Å². The van der Waals surface area contributed by atoms with Crippen LogP contribution in [-0.2, 0) is 0 Å². The minimum atomic E-state index is -0.146. The van der Waals surface area contributed by atoms with Gasteiger partial charge in [0.15, 0.2) is 17.3 Å². The van der Waals surface area contributed by atoms with Crippen molar-refractivity contribution in [1.82, 2.24) is 0 Å². The number of fused-ring (bicyclic) bond motifs is 2. The molecule has 2 aromatic carbocycles. The minimum Gasteiger partial charge on any atom is -0.495 e. The second-order valence-electron chi connectivity index (χ2n) is 5.29. The van der Waals surface area contributed by atoms with Gasteiger partial charge in [0.25, 0.3) is 0 Å². The van der Waals surface area contributed by atoms with Crippen LogP contribution in [0, 0.1) is 0 Å². The second kappa shape index (κ2) is 5.77. The molecule has 0 N–H and O–H groups in total. The molecule has 0 spiro atoms. The Kier molecular flexibility index (Phi) is 3.46. The molecule has 0 saturated heterocycles. The molecule has 24 heavy (non-hydrogen) atoms. The van der Waals surface area contributed by atoms with E-state index in [4.69, 9.17) is 18.6 Å². The lowest BCUT2D eigenvalue weighted by Gasteiger charge is -2.06. The maximum Gasteiger partial charge on any atom is 0.231 e. The Morgan fingerprint density at radius 3 is 2.88 bits per heavy atom. The third kappa shape index (κ3) is 2.40. The number of furan rings is 1. The summed E-state index contributed by atoms with van der Waals surface area (Å²) in [5.74, 6) is 1.77. The summed E-state index contributed by atoms with van der Waals surface area (Å²) in [6.07, 6.45) is 4.83. The zero-order valence-electron chi connectivity index (χ0n) is 12.9. The smallest absolute Gasteiger partial charge is 0.231 e. The lowest BCUT2D eigenvalue weighted by atomic mass is 10.1. The van der Waals surface area contributed by atoms with Crippen LogP contribution < -0.4 is 14.2 Å². The van der Waals surface area contributed by atoms with Crippen LogP contribution in [0.3, 0.4) is 0 Å². The molecule has 1 aliphatic rings. The summed E-state index contributed by atoms with van der Waals surface area (Å²) < 4.78 is 21.3. The number of hydrogen-bond donors (Lipinski definition) is 0. The number of hydrogen-bond acceptors (Lipinski definition) is 5. The van der Waals surface area contributed by atoms with Crippen molar-refractivity contribution in [1.29, 1.82) is 0 Å². The molecule has 2 heterocycles. The van der Waals surface area contributed by atoms with E-state index in [1.54, 1.807) is 37.6 Å². The molecule has 0 amide bonds. The van der Waals surface area contributed by atoms with Crippen LogP contribution in [0.2, 0.25) is 0 Å². The predicted octanol–water partition coefficient (Wildman–Crippen LogP) is 4.07. The van der Waals surface area contributed by atoms with Crippen molar-refractivity contribution >= 4 is 22.8 Å². The van der Waals surface area contributed by atoms with Crippen molar-refractivity contribution in [2.75, 3.05) is 13.9 Å². The first kappa shape index (κ1) is 14.4. The number of carbonyl (C=O) groups excluding carboxylic acids is 1. The standard InChI is InChI=1S/C19H14O5/c1-21-19-13(4-7-16-14(19)8-9-22-16)15(20)5-2-12-3-6-17-18(10-12)24-11-23-17/h2-10H,11H2,1H3/b5-2+. The van der Waals surface area contributed by atoms with Gasteiger partial charge >= 0.3 is 0 Å². The van der Waals surface area contributed by atoms with Crippen molar-refractivity contribution in [3.63, 3.8) is 0 Å². The normalized spacial score (nSPS) is 12.9. The lowest BCUT2D eigenvalue weighted by molar-refractivity contribution is 0.104. The van der Waals surface area contributed by atoms with Gasteiger partial charge in [0.1, 0.15) is 11.3 Å². The van der Waals surface area contributed by atoms with E-state index in [-0.39, 0.29) is 12.6 Å². The van der Waals surface area contributed by atoms with Gasteiger partial charge in [-0.1, -0.05) is 12.1 Å². The number of carbonyl (C=O) groups is 1. The molecule has 0 radical (unpaired) electrons. The van der Waals surface area contributed by atoms with Crippen molar-refractivity contribution in [2.24, 2.45) is 0 Å². The fourth-order valence-electron chi connectivity index (χ4n) is 2.71. The molecule has 0 aliphatic carbocycles. The summed E-state index contributed by atoms with van der Waals surface area (Å²) >= 11 is 0. The fourth-order valence-corrected chi connectivity index (χ4v) is 2.71. The minimum absolute atomic E-state index is 0.146. The SMILES string of the molecule is COc1c(C(=O)/C=C/c2ccc3c(c2)OCO3)ccc2occc12. The Bertz CT molecular complexity index is 952. The average molecular weight is 322 g/mol. The first-order valence-electron chi connectivity index (χ1n) is 7.42. The molecule has 120 valence electrons. The van der Waals surface area contributed by atoms with Gasteiger partial charge in [0.2, 0.25) is 6.79 Å². The van der Waals surface area contributed by atoms with Gasteiger partial charge in [0, 0.05) is 0 Å². The molecule has 0 bridgehead atoms.